The molecule has 1 fully saturated rings. The summed E-state index contributed by atoms with van der Waals surface area (Å²) in [4.78, 5) is 27.7. The fourth-order valence-electron chi connectivity index (χ4n) is 3.60. The van der Waals surface area contributed by atoms with Gasteiger partial charge in [0.25, 0.3) is 5.91 Å². The number of para-hydroxylation sites is 1. The molecule has 2 aromatic rings. The summed E-state index contributed by atoms with van der Waals surface area (Å²) in [5.41, 5.74) is 1.56. The van der Waals surface area contributed by atoms with Crippen molar-refractivity contribution in [3.63, 3.8) is 0 Å². The highest BCUT2D eigenvalue weighted by Crippen LogP contribution is 2.18. The normalized spacial score (nSPS) is 17.2. The number of nitrogens with zero attached hydrogens (tertiary/aromatic N) is 1. The van der Waals surface area contributed by atoms with Crippen LogP contribution in [0.2, 0.25) is 5.02 Å². The highest BCUT2D eigenvalue weighted by Gasteiger charge is 2.32. The van der Waals surface area contributed by atoms with E-state index in [0.717, 1.165) is 12.1 Å². The van der Waals surface area contributed by atoms with Gasteiger partial charge in [-0.2, -0.15) is 0 Å². The zero-order valence-electron chi connectivity index (χ0n) is 16.9. The van der Waals surface area contributed by atoms with Gasteiger partial charge in [-0.05, 0) is 55.2 Å². The van der Waals surface area contributed by atoms with Crippen LogP contribution in [-0.4, -0.2) is 41.9 Å². The van der Waals surface area contributed by atoms with Gasteiger partial charge in [-0.1, -0.05) is 43.6 Å². The van der Waals surface area contributed by atoms with E-state index in [0.29, 0.717) is 30.1 Å². The predicted octanol–water partition coefficient (Wildman–Crippen LogP) is 4.20. The first-order valence-corrected chi connectivity index (χ1v) is 10.5. The molecule has 0 spiro atoms. The smallest absolute Gasteiger partial charge is 0.251 e. The first-order valence-electron chi connectivity index (χ1n) is 10.1. The molecule has 1 heterocycles. The molecule has 0 radical (unpaired) electrons. The van der Waals surface area contributed by atoms with E-state index < -0.39 is 6.04 Å². The number of benzene rings is 2. The van der Waals surface area contributed by atoms with Crippen molar-refractivity contribution in [2.45, 2.75) is 38.8 Å². The van der Waals surface area contributed by atoms with Crippen molar-refractivity contribution in [2.24, 2.45) is 5.92 Å². The van der Waals surface area contributed by atoms with Gasteiger partial charge in [-0.25, -0.2) is 0 Å². The number of amides is 2. The molecular weight excluding hydrogens is 386 g/mol. The number of hydrogen-bond acceptors (Lipinski definition) is 3. The Bertz CT molecular complexity index is 824. The van der Waals surface area contributed by atoms with Crippen molar-refractivity contribution in [3.05, 3.63) is 65.2 Å². The van der Waals surface area contributed by atoms with Crippen LogP contribution in [0.1, 0.15) is 37.0 Å². The van der Waals surface area contributed by atoms with Gasteiger partial charge >= 0.3 is 0 Å². The molecule has 2 amide bonds. The summed E-state index contributed by atoms with van der Waals surface area (Å²) >= 11 is 5.90. The van der Waals surface area contributed by atoms with E-state index in [1.54, 1.807) is 24.3 Å². The lowest BCUT2D eigenvalue weighted by Crippen LogP contribution is -2.49. The van der Waals surface area contributed by atoms with E-state index in [9.17, 15) is 9.59 Å². The van der Waals surface area contributed by atoms with Crippen molar-refractivity contribution in [1.82, 2.24) is 10.2 Å². The molecule has 1 saturated heterocycles. The van der Waals surface area contributed by atoms with Crippen LogP contribution >= 0.6 is 11.6 Å². The second-order valence-corrected chi connectivity index (χ2v) is 8.38. The number of hydrogen-bond donors (Lipinski definition) is 2. The lowest BCUT2D eigenvalue weighted by Gasteiger charge is -2.26. The number of rotatable bonds is 7. The third-order valence-electron chi connectivity index (χ3n) is 5.06. The molecule has 2 N–H and O–H groups in total. The van der Waals surface area contributed by atoms with Crippen LogP contribution in [0.4, 0.5) is 5.69 Å². The van der Waals surface area contributed by atoms with Crippen molar-refractivity contribution < 1.29 is 9.59 Å². The monoisotopic (exact) mass is 413 g/mol. The summed E-state index contributed by atoms with van der Waals surface area (Å²) in [7, 11) is 0. The molecule has 6 heteroatoms. The van der Waals surface area contributed by atoms with E-state index in [1.165, 1.54) is 0 Å². The summed E-state index contributed by atoms with van der Waals surface area (Å²) in [6.45, 7) is 5.44. The number of carbonyl (C=O) groups excluding carboxylic acids is 2. The van der Waals surface area contributed by atoms with Crippen LogP contribution in [0.5, 0.6) is 0 Å². The first kappa shape index (κ1) is 21.2. The molecule has 0 aromatic heterocycles. The number of carbonyl (C=O) groups is 2. The summed E-state index contributed by atoms with van der Waals surface area (Å²) in [6, 6.07) is 16.4. The summed E-state index contributed by atoms with van der Waals surface area (Å²) in [5.74, 6) is 0.0208. The summed E-state index contributed by atoms with van der Waals surface area (Å²) in [5, 5.41) is 6.99. The van der Waals surface area contributed by atoms with Gasteiger partial charge < -0.3 is 15.5 Å². The fourth-order valence-corrected chi connectivity index (χ4v) is 3.73. The average Bonchev–Trinajstić information content (AvgIpc) is 3.16. The molecule has 0 aliphatic carbocycles. The largest absolute Gasteiger partial charge is 0.380 e. The predicted molar refractivity (Wildman–Crippen MR) is 117 cm³/mol. The molecule has 2 unspecified atom stereocenters. The number of halogens is 1. The quantitative estimate of drug-likeness (QED) is 0.715. The Morgan fingerprint density at radius 2 is 1.79 bits per heavy atom. The topological polar surface area (TPSA) is 61.4 Å². The molecule has 1 aliphatic heterocycles. The lowest BCUT2D eigenvalue weighted by atomic mass is 10.0. The highest BCUT2D eigenvalue weighted by atomic mass is 35.5. The Kier molecular flexibility index (Phi) is 7.15. The van der Waals surface area contributed by atoms with Crippen molar-refractivity contribution in [2.75, 3.05) is 18.4 Å². The van der Waals surface area contributed by atoms with E-state index in [2.05, 4.69) is 24.5 Å². The molecule has 3 rings (SSSR count). The average molecular weight is 414 g/mol. The highest BCUT2D eigenvalue weighted by molar-refractivity contribution is 6.30. The maximum Gasteiger partial charge on any atom is 0.251 e. The number of anilines is 1. The van der Waals surface area contributed by atoms with Gasteiger partial charge in [0, 0.05) is 35.4 Å². The molecular formula is C23H28ClN3O2. The van der Waals surface area contributed by atoms with E-state index in [1.807, 2.05) is 35.2 Å². The van der Waals surface area contributed by atoms with Gasteiger partial charge in [-0.3, -0.25) is 9.59 Å². The molecule has 5 nitrogen and oxygen atoms in total. The second-order valence-electron chi connectivity index (χ2n) is 7.94. The molecule has 2 atom stereocenters. The van der Waals surface area contributed by atoms with E-state index in [-0.39, 0.29) is 23.8 Å². The maximum absolute atomic E-state index is 13.2. The lowest BCUT2D eigenvalue weighted by molar-refractivity contribution is -0.132. The van der Waals surface area contributed by atoms with E-state index in [4.69, 9.17) is 11.6 Å². The van der Waals surface area contributed by atoms with Crippen LogP contribution in [0.25, 0.3) is 0 Å². The van der Waals surface area contributed by atoms with Crippen LogP contribution in [0, 0.1) is 5.92 Å². The Morgan fingerprint density at radius 3 is 2.45 bits per heavy atom. The minimum absolute atomic E-state index is 0.0154. The summed E-state index contributed by atoms with van der Waals surface area (Å²) < 4.78 is 0. The van der Waals surface area contributed by atoms with Gasteiger partial charge in [0.05, 0.1) is 0 Å². The van der Waals surface area contributed by atoms with Gasteiger partial charge in [-0.15, -0.1) is 0 Å². The van der Waals surface area contributed by atoms with Crippen molar-refractivity contribution >= 4 is 29.1 Å². The van der Waals surface area contributed by atoms with Crippen LogP contribution < -0.4 is 10.6 Å². The molecule has 29 heavy (non-hydrogen) atoms. The minimum atomic E-state index is -0.534. The SMILES string of the molecule is CC(C)CC(NC(=O)c1ccc(Cl)cc1)C(=O)N1CCC(Nc2ccccc2)C1. The molecule has 1 aliphatic rings. The van der Waals surface area contributed by atoms with E-state index >= 15 is 0 Å². The Hall–Kier alpha value is -2.53. The number of likely N-dealkylation sites (tertiary alicyclic amines) is 1. The van der Waals surface area contributed by atoms with Crippen LogP contribution in [-0.2, 0) is 4.79 Å². The van der Waals surface area contributed by atoms with Gasteiger partial charge in [0.2, 0.25) is 5.91 Å². The van der Waals surface area contributed by atoms with Crippen molar-refractivity contribution in [3.8, 4) is 0 Å². The first-order chi connectivity index (χ1) is 13.9. The molecule has 154 valence electrons. The third kappa shape index (κ3) is 5.97. The van der Waals surface area contributed by atoms with Crippen LogP contribution in [0.15, 0.2) is 54.6 Å². The Morgan fingerprint density at radius 1 is 1.10 bits per heavy atom. The minimum Gasteiger partial charge on any atom is -0.380 e. The van der Waals surface area contributed by atoms with Crippen LogP contribution in [0.3, 0.4) is 0 Å². The molecule has 2 aromatic carbocycles. The zero-order valence-corrected chi connectivity index (χ0v) is 17.7. The van der Waals surface area contributed by atoms with Crippen molar-refractivity contribution in [1.29, 1.82) is 0 Å². The second kappa shape index (κ2) is 9.79. The van der Waals surface area contributed by atoms with Gasteiger partial charge in [0.15, 0.2) is 0 Å². The zero-order chi connectivity index (χ0) is 20.8. The third-order valence-corrected chi connectivity index (χ3v) is 5.31. The Labute approximate surface area is 177 Å². The molecule has 0 bridgehead atoms. The fraction of sp³-hybridized carbons (Fsp3) is 0.391. The maximum atomic E-state index is 13.2. The Balaban J connectivity index is 1.62. The summed E-state index contributed by atoms with van der Waals surface area (Å²) in [6.07, 6.45) is 1.49. The van der Waals surface area contributed by atoms with Gasteiger partial charge in [0.1, 0.15) is 6.04 Å². The standard InChI is InChI=1S/C23H28ClN3O2/c1-16(2)14-21(26-22(28)17-8-10-18(24)11-9-17)23(29)27-13-12-20(15-27)25-19-6-4-3-5-7-19/h3-11,16,20-21,25H,12-15H2,1-2H3,(H,26,28). The number of nitrogens with one attached hydrogen (secondary N) is 2. The molecule has 0 saturated carbocycles.